The minimum Gasteiger partial charge on any atom is -0.381 e. The number of likely N-dealkylation sites (tertiary alicyclic amines) is 1. The Morgan fingerprint density at radius 3 is 2.50 bits per heavy atom. The number of ether oxygens (including phenoxy) is 1. The topological polar surface area (TPSA) is 70.7 Å². The molecule has 2 heterocycles. The monoisotopic (exact) mass is 367 g/mol. The van der Waals surface area contributed by atoms with Gasteiger partial charge in [0.1, 0.15) is 6.04 Å². The molecule has 6 nitrogen and oxygen atoms in total. The van der Waals surface area contributed by atoms with Crippen LogP contribution in [0.3, 0.4) is 0 Å². The van der Waals surface area contributed by atoms with E-state index in [0.717, 1.165) is 58.2 Å². The van der Waals surface area contributed by atoms with Crippen molar-refractivity contribution in [3.05, 3.63) is 0 Å². The number of hydrogen-bond acceptors (Lipinski definition) is 4. The average molecular weight is 368 g/mol. The molecule has 0 aromatic heterocycles. The van der Waals surface area contributed by atoms with E-state index in [0.29, 0.717) is 25.5 Å². The van der Waals surface area contributed by atoms with Gasteiger partial charge in [-0.3, -0.25) is 9.59 Å². The quantitative estimate of drug-likeness (QED) is 0.782. The third-order valence-corrected chi connectivity index (χ3v) is 5.71. The van der Waals surface area contributed by atoms with Gasteiger partial charge in [-0.05, 0) is 64.6 Å². The minimum absolute atomic E-state index is 0.0628. The van der Waals surface area contributed by atoms with Gasteiger partial charge >= 0.3 is 0 Å². The van der Waals surface area contributed by atoms with Gasteiger partial charge in [-0.2, -0.15) is 0 Å². The molecule has 26 heavy (non-hydrogen) atoms. The van der Waals surface area contributed by atoms with E-state index in [1.54, 1.807) is 0 Å². The fourth-order valence-corrected chi connectivity index (χ4v) is 3.93. The van der Waals surface area contributed by atoms with Crippen LogP contribution in [0.15, 0.2) is 0 Å². The highest BCUT2D eigenvalue weighted by Crippen LogP contribution is 2.37. The van der Waals surface area contributed by atoms with E-state index >= 15 is 0 Å². The first-order chi connectivity index (χ1) is 12.4. The van der Waals surface area contributed by atoms with Crippen molar-refractivity contribution in [1.29, 1.82) is 0 Å². The Hall–Kier alpha value is -1.14. The van der Waals surface area contributed by atoms with Crippen LogP contribution < -0.4 is 10.6 Å². The SMILES string of the molecule is CC(C)C[C@@H]1NC(=O)C2(CCCCOCCCNC1=O)CCN(C)CC2. The lowest BCUT2D eigenvalue weighted by atomic mass is 9.73. The second-order valence-corrected chi connectivity index (χ2v) is 8.45. The van der Waals surface area contributed by atoms with E-state index in [1.807, 2.05) is 0 Å². The molecule has 2 saturated heterocycles. The lowest BCUT2D eigenvalue weighted by Gasteiger charge is -2.40. The summed E-state index contributed by atoms with van der Waals surface area (Å²) in [4.78, 5) is 28.2. The predicted octanol–water partition coefficient (Wildman–Crippen LogP) is 1.94. The Labute approximate surface area is 158 Å². The van der Waals surface area contributed by atoms with Gasteiger partial charge in [-0.25, -0.2) is 0 Å². The third kappa shape index (κ3) is 6.23. The largest absolute Gasteiger partial charge is 0.381 e. The van der Waals surface area contributed by atoms with Gasteiger partial charge in [0.25, 0.3) is 0 Å². The molecule has 2 fully saturated rings. The van der Waals surface area contributed by atoms with Crippen molar-refractivity contribution in [3.8, 4) is 0 Å². The summed E-state index contributed by atoms with van der Waals surface area (Å²) in [7, 11) is 2.11. The Morgan fingerprint density at radius 1 is 1.12 bits per heavy atom. The lowest BCUT2D eigenvalue weighted by molar-refractivity contribution is -0.138. The number of amides is 2. The highest BCUT2D eigenvalue weighted by molar-refractivity contribution is 5.90. The molecule has 2 N–H and O–H groups in total. The van der Waals surface area contributed by atoms with Gasteiger partial charge in [-0.15, -0.1) is 0 Å². The number of piperidine rings is 1. The van der Waals surface area contributed by atoms with E-state index in [-0.39, 0.29) is 17.2 Å². The summed E-state index contributed by atoms with van der Waals surface area (Å²) < 4.78 is 5.66. The fourth-order valence-electron chi connectivity index (χ4n) is 3.93. The summed E-state index contributed by atoms with van der Waals surface area (Å²) in [6, 6.07) is -0.442. The molecular formula is C20H37N3O3. The number of nitrogens with one attached hydrogen (secondary N) is 2. The summed E-state index contributed by atoms with van der Waals surface area (Å²) in [5.41, 5.74) is -0.341. The zero-order chi connectivity index (χ0) is 19.0. The molecule has 6 heteroatoms. The second-order valence-electron chi connectivity index (χ2n) is 8.45. The van der Waals surface area contributed by atoms with Gasteiger partial charge < -0.3 is 20.3 Å². The van der Waals surface area contributed by atoms with E-state index in [9.17, 15) is 9.59 Å². The number of nitrogens with zero attached hydrogens (tertiary/aromatic N) is 1. The Kier molecular flexibility index (Phi) is 8.35. The van der Waals surface area contributed by atoms with Crippen molar-refractivity contribution in [2.45, 2.75) is 64.8 Å². The highest BCUT2D eigenvalue weighted by atomic mass is 16.5. The molecule has 0 unspecified atom stereocenters. The zero-order valence-electron chi connectivity index (χ0n) is 16.8. The summed E-state index contributed by atoms with van der Waals surface area (Å²) in [6.45, 7) is 8.06. The molecule has 2 rings (SSSR count). The molecule has 0 radical (unpaired) electrons. The molecule has 2 aliphatic heterocycles. The number of carbonyl (C=O) groups is 2. The summed E-state index contributed by atoms with van der Waals surface area (Å²) >= 11 is 0. The molecule has 2 amide bonds. The van der Waals surface area contributed by atoms with Crippen LogP contribution in [0.2, 0.25) is 0 Å². The van der Waals surface area contributed by atoms with Crippen LogP contribution >= 0.6 is 0 Å². The van der Waals surface area contributed by atoms with Crippen molar-refractivity contribution < 1.29 is 14.3 Å². The molecule has 1 atom stereocenters. The number of hydrogen-bond donors (Lipinski definition) is 2. The molecule has 150 valence electrons. The van der Waals surface area contributed by atoms with Crippen LogP contribution in [0, 0.1) is 11.3 Å². The molecule has 0 saturated carbocycles. The van der Waals surface area contributed by atoms with E-state index in [2.05, 4.69) is 36.4 Å². The van der Waals surface area contributed by atoms with E-state index < -0.39 is 6.04 Å². The van der Waals surface area contributed by atoms with Gasteiger partial charge in [0, 0.05) is 19.8 Å². The fraction of sp³-hybridized carbons (Fsp3) is 0.900. The van der Waals surface area contributed by atoms with Crippen LogP contribution in [-0.2, 0) is 14.3 Å². The third-order valence-electron chi connectivity index (χ3n) is 5.71. The zero-order valence-corrected chi connectivity index (χ0v) is 16.8. The van der Waals surface area contributed by atoms with Crippen LogP contribution in [0.25, 0.3) is 0 Å². The maximum absolute atomic E-state index is 13.3. The van der Waals surface area contributed by atoms with Crippen molar-refractivity contribution in [1.82, 2.24) is 15.5 Å². The van der Waals surface area contributed by atoms with Gasteiger partial charge in [0.2, 0.25) is 11.8 Å². The van der Waals surface area contributed by atoms with Gasteiger partial charge in [-0.1, -0.05) is 20.3 Å². The maximum atomic E-state index is 13.3. The molecule has 0 aliphatic carbocycles. The van der Waals surface area contributed by atoms with E-state index in [4.69, 9.17) is 4.74 Å². The van der Waals surface area contributed by atoms with E-state index in [1.165, 1.54) is 0 Å². The van der Waals surface area contributed by atoms with Crippen molar-refractivity contribution in [3.63, 3.8) is 0 Å². The molecule has 0 aromatic rings. The van der Waals surface area contributed by atoms with Gasteiger partial charge in [0.05, 0.1) is 5.41 Å². The van der Waals surface area contributed by atoms with Crippen molar-refractivity contribution >= 4 is 11.8 Å². The Morgan fingerprint density at radius 2 is 1.81 bits per heavy atom. The normalized spacial score (nSPS) is 27.0. The van der Waals surface area contributed by atoms with Crippen LogP contribution in [-0.4, -0.2) is 62.7 Å². The number of carbonyl (C=O) groups excluding carboxylic acids is 2. The van der Waals surface area contributed by atoms with Crippen LogP contribution in [0.4, 0.5) is 0 Å². The van der Waals surface area contributed by atoms with Crippen molar-refractivity contribution in [2.24, 2.45) is 11.3 Å². The molecule has 0 aromatic carbocycles. The summed E-state index contributed by atoms with van der Waals surface area (Å²) in [6.07, 6.45) is 6.09. The van der Waals surface area contributed by atoms with Crippen LogP contribution in [0.5, 0.6) is 0 Å². The van der Waals surface area contributed by atoms with Crippen LogP contribution in [0.1, 0.15) is 58.8 Å². The Balaban J connectivity index is 2.14. The first kappa shape index (κ1) is 21.2. The standard InChI is InChI=1S/C20H37N3O3/c1-16(2)15-17-18(24)21-10-6-14-26-13-5-4-7-20(19(25)22-17)8-11-23(3)12-9-20/h16-17H,4-15H2,1-3H3,(H,21,24)(H,22,25)/t17-/m0/s1. The molecule has 2 aliphatic rings. The van der Waals surface area contributed by atoms with Gasteiger partial charge in [0.15, 0.2) is 0 Å². The van der Waals surface area contributed by atoms with Crippen molar-refractivity contribution in [2.75, 3.05) is 39.9 Å². The summed E-state index contributed by atoms with van der Waals surface area (Å²) in [5, 5.41) is 6.10. The molecular weight excluding hydrogens is 330 g/mol. The molecule has 1 spiro atoms. The number of rotatable bonds is 2. The first-order valence-electron chi connectivity index (χ1n) is 10.3. The Bertz CT molecular complexity index is 459. The smallest absolute Gasteiger partial charge is 0.242 e. The maximum Gasteiger partial charge on any atom is 0.242 e. The average Bonchev–Trinajstić information content (AvgIpc) is 2.60. The summed E-state index contributed by atoms with van der Waals surface area (Å²) in [5.74, 6) is 0.360. The highest BCUT2D eigenvalue weighted by Gasteiger charge is 2.41. The first-order valence-corrected chi connectivity index (χ1v) is 10.3. The lowest BCUT2D eigenvalue weighted by Crippen LogP contribution is -2.54. The molecule has 0 bridgehead atoms. The predicted molar refractivity (Wildman–Crippen MR) is 103 cm³/mol. The minimum atomic E-state index is -0.442. The second kappa shape index (κ2) is 10.3.